The average molecular weight is 242 g/mol. The van der Waals surface area contributed by atoms with Crippen molar-refractivity contribution >= 4 is 29.5 Å². The van der Waals surface area contributed by atoms with Gasteiger partial charge in [0.15, 0.2) is 6.29 Å². The van der Waals surface area contributed by atoms with Gasteiger partial charge in [-0.1, -0.05) is 28.4 Å². The Morgan fingerprint density at radius 3 is 2.87 bits per heavy atom. The van der Waals surface area contributed by atoms with E-state index in [4.69, 9.17) is 27.7 Å². The summed E-state index contributed by atoms with van der Waals surface area (Å²) in [7, 11) is 0. The second-order valence-corrected chi connectivity index (χ2v) is 3.70. The zero-order chi connectivity index (χ0) is 10.8. The highest BCUT2D eigenvalue weighted by molar-refractivity contribution is 6.35. The third kappa shape index (κ3) is 1.89. The van der Waals surface area contributed by atoms with Crippen LogP contribution in [0, 0.1) is 0 Å². The van der Waals surface area contributed by atoms with E-state index in [1.165, 1.54) is 6.26 Å². The lowest BCUT2D eigenvalue weighted by atomic mass is 10.1. The van der Waals surface area contributed by atoms with Crippen LogP contribution in [0.1, 0.15) is 10.4 Å². The van der Waals surface area contributed by atoms with E-state index >= 15 is 0 Å². The van der Waals surface area contributed by atoms with Gasteiger partial charge in [-0.15, -0.1) is 0 Å². The van der Waals surface area contributed by atoms with Gasteiger partial charge in [-0.05, 0) is 18.2 Å². The molecule has 0 spiro atoms. The van der Waals surface area contributed by atoms with Crippen molar-refractivity contribution in [1.29, 1.82) is 0 Å². The number of rotatable bonds is 2. The lowest BCUT2D eigenvalue weighted by molar-refractivity contribution is 0.112. The minimum absolute atomic E-state index is 0.346. The first-order valence-corrected chi connectivity index (χ1v) is 4.83. The number of aldehydes is 1. The maximum atomic E-state index is 10.7. The molecular weight excluding hydrogens is 237 g/mol. The molecule has 1 aromatic carbocycles. The molecular formula is C10H5Cl2NO2. The fraction of sp³-hybridized carbons (Fsp3) is 0. The minimum atomic E-state index is 0.346. The van der Waals surface area contributed by atoms with Crippen molar-refractivity contribution in [3.05, 3.63) is 40.1 Å². The minimum Gasteiger partial charge on any atom is -0.363 e. The Balaban J connectivity index is 2.62. The highest BCUT2D eigenvalue weighted by Gasteiger charge is 2.13. The first kappa shape index (κ1) is 10.2. The first-order valence-electron chi connectivity index (χ1n) is 4.07. The zero-order valence-corrected chi connectivity index (χ0v) is 8.92. The van der Waals surface area contributed by atoms with Crippen molar-refractivity contribution in [1.82, 2.24) is 5.16 Å². The van der Waals surface area contributed by atoms with E-state index in [0.29, 0.717) is 33.2 Å². The first-order chi connectivity index (χ1) is 7.22. The number of carbonyl (C=O) groups excluding carboxylic acids is 1. The van der Waals surface area contributed by atoms with E-state index in [2.05, 4.69) is 5.16 Å². The van der Waals surface area contributed by atoms with Gasteiger partial charge in [0.25, 0.3) is 0 Å². The molecule has 0 saturated carbocycles. The Morgan fingerprint density at radius 2 is 2.13 bits per heavy atom. The molecule has 15 heavy (non-hydrogen) atoms. The van der Waals surface area contributed by atoms with E-state index in [0.717, 1.165) is 0 Å². The normalized spacial score (nSPS) is 10.3. The number of carbonyl (C=O) groups is 1. The molecule has 0 amide bonds. The van der Waals surface area contributed by atoms with Crippen LogP contribution in [0.25, 0.3) is 11.3 Å². The second kappa shape index (κ2) is 4.04. The topological polar surface area (TPSA) is 43.1 Å². The van der Waals surface area contributed by atoms with Gasteiger partial charge in [-0.2, -0.15) is 0 Å². The number of aromatic nitrogens is 1. The lowest BCUT2D eigenvalue weighted by Gasteiger charge is -2.00. The Bertz CT molecular complexity index is 508. The molecule has 76 valence electrons. The lowest BCUT2D eigenvalue weighted by Crippen LogP contribution is -1.85. The van der Waals surface area contributed by atoms with E-state index in [1.807, 2.05) is 0 Å². The van der Waals surface area contributed by atoms with Gasteiger partial charge in [-0.25, -0.2) is 0 Å². The molecule has 0 radical (unpaired) electrons. The number of halogens is 2. The Morgan fingerprint density at radius 1 is 1.33 bits per heavy atom. The Kier molecular flexibility index (Phi) is 2.75. The van der Waals surface area contributed by atoms with Crippen LogP contribution in [-0.2, 0) is 0 Å². The molecule has 2 rings (SSSR count). The van der Waals surface area contributed by atoms with Gasteiger partial charge in [0, 0.05) is 10.6 Å². The second-order valence-electron chi connectivity index (χ2n) is 2.86. The number of benzene rings is 1. The third-order valence-electron chi connectivity index (χ3n) is 1.91. The maximum absolute atomic E-state index is 10.7. The maximum Gasteiger partial charge on any atom is 0.155 e. The summed E-state index contributed by atoms with van der Waals surface area (Å²) < 4.78 is 4.70. The van der Waals surface area contributed by atoms with Gasteiger partial charge in [-0.3, -0.25) is 4.79 Å². The molecule has 0 N–H and O–H groups in total. The van der Waals surface area contributed by atoms with E-state index in [1.54, 1.807) is 18.2 Å². The van der Waals surface area contributed by atoms with Crippen LogP contribution in [0.15, 0.2) is 29.0 Å². The number of hydrogen-bond acceptors (Lipinski definition) is 3. The van der Waals surface area contributed by atoms with E-state index in [9.17, 15) is 4.79 Å². The van der Waals surface area contributed by atoms with Gasteiger partial charge in [0.1, 0.15) is 12.0 Å². The predicted octanol–water partition coefficient (Wildman–Crippen LogP) is 3.46. The van der Waals surface area contributed by atoms with Crippen LogP contribution in [0.5, 0.6) is 0 Å². The van der Waals surface area contributed by atoms with Crippen molar-refractivity contribution in [3.63, 3.8) is 0 Å². The SMILES string of the molecule is O=Cc1conc1-c1cc(Cl)ccc1Cl. The Labute approximate surface area is 95.6 Å². The van der Waals surface area contributed by atoms with Crippen molar-refractivity contribution in [2.45, 2.75) is 0 Å². The molecule has 0 unspecified atom stereocenters. The summed E-state index contributed by atoms with van der Waals surface area (Å²) in [5.41, 5.74) is 1.33. The monoisotopic (exact) mass is 241 g/mol. The molecule has 0 bridgehead atoms. The van der Waals surface area contributed by atoms with Crippen LogP contribution < -0.4 is 0 Å². The Hall–Kier alpha value is -1.32. The average Bonchev–Trinajstić information content (AvgIpc) is 2.69. The van der Waals surface area contributed by atoms with Gasteiger partial charge >= 0.3 is 0 Å². The summed E-state index contributed by atoms with van der Waals surface area (Å²) in [5.74, 6) is 0. The molecule has 1 heterocycles. The summed E-state index contributed by atoms with van der Waals surface area (Å²) in [6.07, 6.45) is 1.92. The quantitative estimate of drug-likeness (QED) is 0.757. The molecule has 0 aliphatic carbocycles. The predicted molar refractivity (Wildman–Crippen MR) is 57.3 cm³/mol. The molecule has 0 aliphatic rings. The van der Waals surface area contributed by atoms with E-state index in [-0.39, 0.29) is 0 Å². The highest BCUT2D eigenvalue weighted by atomic mass is 35.5. The van der Waals surface area contributed by atoms with Crippen LogP contribution in [-0.4, -0.2) is 11.4 Å². The van der Waals surface area contributed by atoms with Gasteiger partial charge in [0.2, 0.25) is 0 Å². The standard InChI is InChI=1S/C10H5Cl2NO2/c11-7-1-2-9(12)8(3-7)10-6(4-14)5-15-13-10/h1-5H. The molecule has 1 aromatic heterocycles. The number of nitrogens with zero attached hydrogens (tertiary/aromatic N) is 1. The fourth-order valence-electron chi connectivity index (χ4n) is 1.21. The van der Waals surface area contributed by atoms with Crippen LogP contribution >= 0.6 is 23.2 Å². The van der Waals surface area contributed by atoms with E-state index < -0.39 is 0 Å². The molecule has 5 heteroatoms. The third-order valence-corrected chi connectivity index (χ3v) is 2.47. The summed E-state index contributed by atoms with van der Waals surface area (Å²) in [6, 6.07) is 4.94. The molecule has 0 fully saturated rings. The smallest absolute Gasteiger partial charge is 0.155 e. The molecule has 0 saturated heterocycles. The fourth-order valence-corrected chi connectivity index (χ4v) is 1.59. The van der Waals surface area contributed by atoms with Crippen LogP contribution in [0.4, 0.5) is 0 Å². The number of hydrogen-bond donors (Lipinski definition) is 0. The summed E-state index contributed by atoms with van der Waals surface area (Å²) in [4.78, 5) is 10.7. The summed E-state index contributed by atoms with van der Waals surface area (Å²) in [5, 5.41) is 4.70. The van der Waals surface area contributed by atoms with Gasteiger partial charge < -0.3 is 4.52 Å². The largest absolute Gasteiger partial charge is 0.363 e. The van der Waals surface area contributed by atoms with Crippen LogP contribution in [0.3, 0.4) is 0 Å². The molecule has 0 aliphatic heterocycles. The molecule has 0 atom stereocenters. The van der Waals surface area contributed by atoms with Gasteiger partial charge in [0.05, 0.1) is 10.6 Å². The van der Waals surface area contributed by atoms with Crippen molar-refractivity contribution in [2.24, 2.45) is 0 Å². The highest BCUT2D eigenvalue weighted by Crippen LogP contribution is 2.31. The van der Waals surface area contributed by atoms with Crippen molar-refractivity contribution in [3.8, 4) is 11.3 Å². The van der Waals surface area contributed by atoms with Crippen molar-refractivity contribution < 1.29 is 9.32 Å². The van der Waals surface area contributed by atoms with Crippen molar-refractivity contribution in [2.75, 3.05) is 0 Å². The van der Waals surface area contributed by atoms with Crippen LogP contribution in [0.2, 0.25) is 10.0 Å². The molecule has 2 aromatic rings. The summed E-state index contributed by atoms with van der Waals surface area (Å²) >= 11 is 11.8. The summed E-state index contributed by atoms with van der Waals surface area (Å²) in [6.45, 7) is 0. The zero-order valence-electron chi connectivity index (χ0n) is 7.41. The molecule has 3 nitrogen and oxygen atoms in total.